The van der Waals surface area contributed by atoms with Gasteiger partial charge in [0.05, 0.1) is 13.2 Å². The fraction of sp³-hybridized carbons (Fsp3) is 0.440. The van der Waals surface area contributed by atoms with Gasteiger partial charge in [-0.3, -0.25) is 9.69 Å². The number of carbonyl (C=O) groups excluding carboxylic acids is 1. The number of morpholine rings is 1. The molecule has 4 heterocycles. The van der Waals surface area contributed by atoms with Gasteiger partial charge < -0.3 is 19.5 Å². The van der Waals surface area contributed by atoms with Crippen LogP contribution in [0.25, 0.3) is 11.0 Å². The van der Waals surface area contributed by atoms with Crippen LogP contribution in [0, 0.1) is 0 Å². The maximum absolute atomic E-state index is 12.8. The lowest BCUT2D eigenvalue weighted by Crippen LogP contribution is -2.45. The van der Waals surface area contributed by atoms with Crippen LogP contribution in [0.5, 0.6) is 0 Å². The Morgan fingerprint density at radius 2 is 1.78 bits per heavy atom. The van der Waals surface area contributed by atoms with Gasteiger partial charge in [-0.25, -0.2) is 4.98 Å². The molecule has 1 N–H and O–H groups in total. The molecule has 2 fully saturated rings. The van der Waals surface area contributed by atoms with Gasteiger partial charge in [0.15, 0.2) is 0 Å². The molecule has 7 heteroatoms. The maximum atomic E-state index is 12.8. The second-order valence-corrected chi connectivity index (χ2v) is 8.73. The van der Waals surface area contributed by atoms with Gasteiger partial charge in [-0.15, -0.1) is 0 Å². The predicted octanol–water partition coefficient (Wildman–Crippen LogP) is 2.65. The van der Waals surface area contributed by atoms with Crippen LogP contribution in [0.3, 0.4) is 0 Å². The summed E-state index contributed by atoms with van der Waals surface area (Å²) in [6, 6.07) is 17.0. The van der Waals surface area contributed by atoms with Crippen molar-refractivity contribution in [3.05, 3.63) is 60.3 Å². The van der Waals surface area contributed by atoms with Crippen molar-refractivity contribution >= 4 is 22.8 Å². The Kier molecular flexibility index (Phi) is 6.36. The number of fused-ring (bicyclic) bond motifs is 1. The second kappa shape index (κ2) is 9.71. The highest BCUT2D eigenvalue weighted by Gasteiger charge is 2.21. The van der Waals surface area contributed by atoms with Gasteiger partial charge in [-0.2, -0.15) is 0 Å². The zero-order valence-electron chi connectivity index (χ0n) is 18.4. The molecule has 0 atom stereocenters. The number of hydrogen-bond acceptors (Lipinski definition) is 5. The third-order valence-corrected chi connectivity index (χ3v) is 6.45. The van der Waals surface area contributed by atoms with Gasteiger partial charge in [-0.1, -0.05) is 30.3 Å². The molecule has 0 bridgehead atoms. The van der Waals surface area contributed by atoms with Gasteiger partial charge in [0.1, 0.15) is 18.0 Å². The molecule has 168 valence electrons. The van der Waals surface area contributed by atoms with Crippen molar-refractivity contribution < 1.29 is 9.53 Å². The van der Waals surface area contributed by atoms with E-state index in [1.165, 1.54) is 5.56 Å². The molecule has 5 rings (SSSR count). The molecule has 1 amide bonds. The first-order valence-electron chi connectivity index (χ1n) is 11.6. The van der Waals surface area contributed by atoms with Crippen molar-refractivity contribution in [1.82, 2.24) is 19.8 Å². The third-order valence-electron chi connectivity index (χ3n) is 6.45. The van der Waals surface area contributed by atoms with E-state index in [0.717, 1.165) is 75.6 Å². The summed E-state index contributed by atoms with van der Waals surface area (Å²) in [6.07, 6.45) is 3.94. The molecule has 0 unspecified atom stereocenters. The van der Waals surface area contributed by atoms with Crippen molar-refractivity contribution in [3.8, 4) is 0 Å². The summed E-state index contributed by atoms with van der Waals surface area (Å²) in [6.45, 7) is 6.46. The standard InChI is InChI=1S/C25H31N5O2/c31-24(26-22-9-11-28(12-10-22)18-20-4-2-1-3-5-20)19-30-13-8-21-6-7-23(27-25(21)30)29-14-16-32-17-15-29/h1-8,13,22H,9-12,14-19H2,(H,26,31). The molecule has 2 aliphatic rings. The van der Waals surface area contributed by atoms with Crippen molar-refractivity contribution in [2.45, 2.75) is 32.0 Å². The first-order chi connectivity index (χ1) is 15.7. The van der Waals surface area contributed by atoms with Gasteiger partial charge >= 0.3 is 0 Å². The minimum Gasteiger partial charge on any atom is -0.378 e. The molecule has 0 radical (unpaired) electrons. The molecule has 7 nitrogen and oxygen atoms in total. The van der Waals surface area contributed by atoms with Gasteiger partial charge in [-0.05, 0) is 36.6 Å². The fourth-order valence-corrected chi connectivity index (χ4v) is 4.65. The number of piperidine rings is 1. The number of amides is 1. The fourth-order valence-electron chi connectivity index (χ4n) is 4.65. The summed E-state index contributed by atoms with van der Waals surface area (Å²) < 4.78 is 7.41. The summed E-state index contributed by atoms with van der Waals surface area (Å²) >= 11 is 0. The molecule has 2 saturated heterocycles. The van der Waals surface area contributed by atoms with E-state index in [4.69, 9.17) is 9.72 Å². The van der Waals surface area contributed by atoms with Crippen LogP contribution in [-0.4, -0.2) is 65.8 Å². The third kappa shape index (κ3) is 4.95. The highest BCUT2D eigenvalue weighted by atomic mass is 16.5. The Balaban J connectivity index is 1.16. The molecule has 0 aliphatic carbocycles. The summed E-state index contributed by atoms with van der Waals surface area (Å²) in [5, 5.41) is 4.30. The summed E-state index contributed by atoms with van der Waals surface area (Å²) in [5.74, 6) is 1.01. The van der Waals surface area contributed by atoms with Crippen molar-refractivity contribution in [3.63, 3.8) is 0 Å². The van der Waals surface area contributed by atoms with Crippen LogP contribution < -0.4 is 10.2 Å². The Hall–Kier alpha value is -2.90. The van der Waals surface area contributed by atoms with Crippen LogP contribution in [0.4, 0.5) is 5.82 Å². The average molecular weight is 434 g/mol. The average Bonchev–Trinajstić information content (AvgIpc) is 3.23. The van der Waals surface area contributed by atoms with E-state index in [-0.39, 0.29) is 11.9 Å². The smallest absolute Gasteiger partial charge is 0.240 e. The summed E-state index contributed by atoms with van der Waals surface area (Å²) in [7, 11) is 0. The Morgan fingerprint density at radius 1 is 1.00 bits per heavy atom. The molecular formula is C25H31N5O2. The summed E-state index contributed by atoms with van der Waals surface area (Å²) in [4.78, 5) is 22.3. The van der Waals surface area contributed by atoms with E-state index >= 15 is 0 Å². The highest BCUT2D eigenvalue weighted by molar-refractivity contribution is 5.82. The number of nitrogens with one attached hydrogen (secondary N) is 1. The summed E-state index contributed by atoms with van der Waals surface area (Å²) in [5.41, 5.74) is 2.21. The molecule has 32 heavy (non-hydrogen) atoms. The molecule has 1 aromatic carbocycles. The zero-order valence-corrected chi connectivity index (χ0v) is 18.4. The molecule has 0 saturated carbocycles. The van der Waals surface area contributed by atoms with E-state index in [1.54, 1.807) is 0 Å². The Labute approximate surface area is 189 Å². The number of nitrogens with zero attached hydrogens (tertiary/aromatic N) is 4. The number of ether oxygens (including phenoxy) is 1. The minimum atomic E-state index is 0.0579. The van der Waals surface area contributed by atoms with Gasteiger partial charge in [0, 0.05) is 50.3 Å². The maximum Gasteiger partial charge on any atom is 0.240 e. The number of hydrogen-bond donors (Lipinski definition) is 1. The van der Waals surface area contributed by atoms with Crippen molar-refractivity contribution in [2.24, 2.45) is 0 Å². The van der Waals surface area contributed by atoms with Crippen LogP contribution in [0.2, 0.25) is 0 Å². The van der Waals surface area contributed by atoms with E-state index in [0.29, 0.717) is 6.54 Å². The molecular weight excluding hydrogens is 402 g/mol. The number of anilines is 1. The van der Waals surface area contributed by atoms with Crippen LogP contribution in [0.1, 0.15) is 18.4 Å². The van der Waals surface area contributed by atoms with Crippen LogP contribution in [-0.2, 0) is 22.6 Å². The van der Waals surface area contributed by atoms with Crippen LogP contribution >= 0.6 is 0 Å². The van der Waals surface area contributed by atoms with E-state index in [2.05, 4.69) is 57.6 Å². The predicted molar refractivity (Wildman–Crippen MR) is 126 cm³/mol. The lowest BCUT2D eigenvalue weighted by Gasteiger charge is -2.32. The Morgan fingerprint density at radius 3 is 2.56 bits per heavy atom. The number of rotatable bonds is 6. The number of benzene rings is 1. The number of pyridine rings is 1. The monoisotopic (exact) mass is 433 g/mol. The Bertz CT molecular complexity index is 1040. The lowest BCUT2D eigenvalue weighted by atomic mass is 10.0. The first kappa shape index (κ1) is 21.0. The SMILES string of the molecule is O=C(Cn1ccc2ccc(N3CCOCC3)nc21)NC1CCN(Cc2ccccc2)CC1. The first-order valence-corrected chi connectivity index (χ1v) is 11.6. The molecule has 0 spiro atoms. The topological polar surface area (TPSA) is 62.6 Å². The minimum absolute atomic E-state index is 0.0579. The van der Waals surface area contributed by atoms with Crippen molar-refractivity contribution in [1.29, 1.82) is 0 Å². The second-order valence-electron chi connectivity index (χ2n) is 8.73. The van der Waals surface area contributed by atoms with E-state index in [9.17, 15) is 4.79 Å². The normalized spacial score (nSPS) is 18.2. The van der Waals surface area contributed by atoms with Gasteiger partial charge in [0.25, 0.3) is 0 Å². The van der Waals surface area contributed by atoms with Gasteiger partial charge in [0.2, 0.25) is 5.91 Å². The number of carbonyl (C=O) groups is 1. The zero-order chi connectivity index (χ0) is 21.8. The quantitative estimate of drug-likeness (QED) is 0.648. The molecule has 2 aromatic heterocycles. The van der Waals surface area contributed by atoms with Crippen molar-refractivity contribution in [2.75, 3.05) is 44.3 Å². The van der Waals surface area contributed by atoms with E-state index < -0.39 is 0 Å². The van der Waals surface area contributed by atoms with Crippen LogP contribution in [0.15, 0.2) is 54.7 Å². The molecule has 3 aromatic rings. The number of aromatic nitrogens is 2. The number of likely N-dealkylation sites (tertiary alicyclic amines) is 1. The molecule has 2 aliphatic heterocycles. The largest absolute Gasteiger partial charge is 0.378 e. The lowest BCUT2D eigenvalue weighted by molar-refractivity contribution is -0.122. The van der Waals surface area contributed by atoms with E-state index in [1.807, 2.05) is 16.8 Å². The highest BCUT2D eigenvalue weighted by Crippen LogP contribution is 2.20.